The van der Waals surface area contributed by atoms with Crippen molar-refractivity contribution < 1.29 is 4.39 Å². The highest BCUT2D eigenvalue weighted by atomic mass is 32.1. The molecule has 0 saturated carbocycles. The number of aryl methyl sites for hydroxylation is 1. The van der Waals surface area contributed by atoms with Crippen LogP contribution in [-0.4, -0.2) is 9.55 Å². The van der Waals surface area contributed by atoms with Gasteiger partial charge in [0, 0.05) is 10.9 Å². The molecule has 104 valence electrons. The van der Waals surface area contributed by atoms with E-state index in [-0.39, 0.29) is 17.9 Å². The third-order valence-electron chi connectivity index (χ3n) is 3.29. The van der Waals surface area contributed by atoms with Gasteiger partial charge in [0.15, 0.2) is 0 Å². The number of thiophene rings is 1. The molecular weight excluding hydrogens is 287 g/mol. The molecule has 0 atom stereocenters. The van der Waals surface area contributed by atoms with Gasteiger partial charge in [0.25, 0.3) is 5.56 Å². The van der Waals surface area contributed by atoms with E-state index in [0.29, 0.717) is 16.0 Å². The van der Waals surface area contributed by atoms with Gasteiger partial charge in [0.2, 0.25) is 0 Å². The lowest BCUT2D eigenvalue weighted by Gasteiger charge is -2.06. The minimum Gasteiger partial charge on any atom is -0.284 e. The zero-order valence-corrected chi connectivity index (χ0v) is 12.1. The lowest BCUT2D eigenvalue weighted by Crippen LogP contribution is -2.23. The lowest BCUT2D eigenvalue weighted by molar-refractivity contribution is 0.628. The second-order valence-electron chi connectivity index (χ2n) is 4.59. The second-order valence-corrected chi connectivity index (χ2v) is 5.45. The number of terminal acetylenes is 1. The second kappa shape index (κ2) is 5.15. The molecule has 0 unspecified atom stereocenters. The van der Waals surface area contributed by atoms with Gasteiger partial charge < -0.3 is 0 Å². The lowest BCUT2D eigenvalue weighted by atomic mass is 10.1. The molecule has 5 heteroatoms. The van der Waals surface area contributed by atoms with Crippen molar-refractivity contribution in [1.29, 1.82) is 0 Å². The summed E-state index contributed by atoms with van der Waals surface area (Å²) in [5.41, 5.74) is 1.40. The highest BCUT2D eigenvalue weighted by molar-refractivity contribution is 7.17. The maximum absolute atomic E-state index is 13.0. The quantitative estimate of drug-likeness (QED) is 0.681. The molecule has 0 N–H and O–H groups in total. The van der Waals surface area contributed by atoms with Crippen molar-refractivity contribution in [3.63, 3.8) is 0 Å². The maximum atomic E-state index is 13.0. The Morgan fingerprint density at radius 3 is 2.76 bits per heavy atom. The normalized spacial score (nSPS) is 10.7. The first-order valence-corrected chi connectivity index (χ1v) is 7.18. The Morgan fingerprint density at radius 2 is 2.10 bits per heavy atom. The first kappa shape index (κ1) is 13.5. The van der Waals surface area contributed by atoms with Crippen molar-refractivity contribution in [1.82, 2.24) is 9.55 Å². The number of hydrogen-bond acceptors (Lipinski definition) is 3. The molecule has 3 rings (SSSR count). The van der Waals surface area contributed by atoms with Crippen LogP contribution in [0, 0.1) is 25.1 Å². The minimum absolute atomic E-state index is 0.156. The van der Waals surface area contributed by atoms with Crippen LogP contribution in [0.3, 0.4) is 0 Å². The molecule has 0 aliphatic heterocycles. The van der Waals surface area contributed by atoms with Crippen molar-refractivity contribution >= 4 is 21.6 Å². The van der Waals surface area contributed by atoms with E-state index in [1.54, 1.807) is 19.1 Å². The summed E-state index contributed by atoms with van der Waals surface area (Å²) in [4.78, 5) is 17.7. The van der Waals surface area contributed by atoms with Crippen molar-refractivity contribution in [3.05, 3.63) is 51.6 Å². The van der Waals surface area contributed by atoms with E-state index < -0.39 is 0 Å². The number of rotatable bonds is 2. The van der Waals surface area contributed by atoms with Gasteiger partial charge in [-0.1, -0.05) is 18.1 Å². The summed E-state index contributed by atoms with van der Waals surface area (Å²) in [5, 5.41) is 2.40. The third kappa shape index (κ3) is 2.24. The monoisotopic (exact) mass is 298 g/mol. The summed E-state index contributed by atoms with van der Waals surface area (Å²) in [5.74, 6) is 2.75. The van der Waals surface area contributed by atoms with Crippen molar-refractivity contribution in [2.75, 3.05) is 0 Å². The SMILES string of the molecule is C#CCn1c(C)nc2scc(-c3ccc(F)cc3)c2c1=O. The molecule has 0 spiro atoms. The van der Waals surface area contributed by atoms with Crippen LogP contribution in [0.4, 0.5) is 4.39 Å². The van der Waals surface area contributed by atoms with E-state index in [2.05, 4.69) is 10.9 Å². The van der Waals surface area contributed by atoms with Crippen LogP contribution < -0.4 is 5.56 Å². The van der Waals surface area contributed by atoms with Crippen LogP contribution in [0.2, 0.25) is 0 Å². The molecule has 0 amide bonds. The maximum Gasteiger partial charge on any atom is 0.263 e. The van der Waals surface area contributed by atoms with Crippen molar-refractivity contribution in [3.8, 4) is 23.5 Å². The van der Waals surface area contributed by atoms with Crippen LogP contribution in [-0.2, 0) is 6.54 Å². The molecule has 2 aromatic heterocycles. The van der Waals surface area contributed by atoms with E-state index in [1.165, 1.54) is 28.0 Å². The van der Waals surface area contributed by atoms with E-state index >= 15 is 0 Å². The summed E-state index contributed by atoms with van der Waals surface area (Å²) >= 11 is 1.40. The molecule has 0 aliphatic carbocycles. The van der Waals surface area contributed by atoms with Gasteiger partial charge in [-0.25, -0.2) is 9.37 Å². The van der Waals surface area contributed by atoms with Crippen LogP contribution in [0.25, 0.3) is 21.3 Å². The van der Waals surface area contributed by atoms with E-state index in [0.717, 1.165) is 11.1 Å². The fraction of sp³-hybridized carbons (Fsp3) is 0.125. The van der Waals surface area contributed by atoms with E-state index in [9.17, 15) is 9.18 Å². The Bertz CT molecular complexity index is 916. The first-order chi connectivity index (χ1) is 10.1. The van der Waals surface area contributed by atoms with Gasteiger partial charge in [-0.3, -0.25) is 9.36 Å². The Labute approximate surface area is 124 Å². The zero-order chi connectivity index (χ0) is 15.0. The standard InChI is InChI=1S/C16H11FN2OS/c1-3-8-19-10(2)18-15-14(16(19)20)13(9-21-15)11-4-6-12(17)7-5-11/h1,4-7,9H,8H2,2H3. The molecular formula is C16H11FN2OS. The van der Waals surface area contributed by atoms with Crippen molar-refractivity contribution in [2.45, 2.75) is 13.5 Å². The average Bonchev–Trinajstić information content (AvgIpc) is 2.88. The summed E-state index contributed by atoms with van der Waals surface area (Å²) < 4.78 is 14.5. The van der Waals surface area contributed by atoms with E-state index in [4.69, 9.17) is 6.42 Å². The summed E-state index contributed by atoms with van der Waals surface area (Å²) in [7, 11) is 0. The topological polar surface area (TPSA) is 34.9 Å². The smallest absolute Gasteiger partial charge is 0.263 e. The molecule has 0 saturated heterocycles. The highest BCUT2D eigenvalue weighted by Gasteiger charge is 2.14. The van der Waals surface area contributed by atoms with Crippen LogP contribution >= 0.6 is 11.3 Å². The summed E-state index contributed by atoms with van der Waals surface area (Å²) in [6, 6.07) is 6.06. The Hall–Kier alpha value is -2.45. The minimum atomic E-state index is -0.308. The molecule has 3 aromatic rings. The third-order valence-corrected chi connectivity index (χ3v) is 4.16. The van der Waals surface area contributed by atoms with Crippen LogP contribution in [0.15, 0.2) is 34.4 Å². The Kier molecular flexibility index (Phi) is 3.32. The molecule has 1 aromatic carbocycles. The number of benzene rings is 1. The van der Waals surface area contributed by atoms with Crippen molar-refractivity contribution in [2.24, 2.45) is 0 Å². The fourth-order valence-electron chi connectivity index (χ4n) is 2.25. The van der Waals surface area contributed by atoms with Gasteiger partial charge >= 0.3 is 0 Å². The molecule has 0 radical (unpaired) electrons. The molecule has 0 fully saturated rings. The number of halogens is 1. The largest absolute Gasteiger partial charge is 0.284 e. The van der Waals surface area contributed by atoms with Gasteiger partial charge in [-0.15, -0.1) is 17.8 Å². The molecule has 2 heterocycles. The highest BCUT2D eigenvalue weighted by Crippen LogP contribution is 2.30. The zero-order valence-electron chi connectivity index (χ0n) is 11.3. The Balaban J connectivity index is 2.31. The van der Waals surface area contributed by atoms with Gasteiger partial charge in [0.05, 0.1) is 11.9 Å². The first-order valence-electron chi connectivity index (χ1n) is 6.30. The molecule has 3 nitrogen and oxygen atoms in total. The fourth-order valence-corrected chi connectivity index (χ4v) is 3.23. The van der Waals surface area contributed by atoms with Crippen LogP contribution in [0.1, 0.15) is 5.82 Å². The van der Waals surface area contributed by atoms with Gasteiger partial charge in [-0.05, 0) is 24.6 Å². The van der Waals surface area contributed by atoms with Gasteiger partial charge in [0.1, 0.15) is 16.5 Å². The predicted octanol–water partition coefficient (Wildman–Crippen LogP) is 3.21. The summed E-state index contributed by atoms with van der Waals surface area (Å²) in [6.45, 7) is 1.95. The Morgan fingerprint density at radius 1 is 1.38 bits per heavy atom. The van der Waals surface area contributed by atoms with E-state index in [1.807, 2.05) is 5.38 Å². The number of aromatic nitrogens is 2. The van der Waals surface area contributed by atoms with Gasteiger partial charge in [-0.2, -0.15) is 0 Å². The molecule has 21 heavy (non-hydrogen) atoms. The molecule has 0 bridgehead atoms. The summed E-state index contributed by atoms with van der Waals surface area (Å²) in [6.07, 6.45) is 5.31. The number of fused-ring (bicyclic) bond motifs is 1. The number of hydrogen-bond donors (Lipinski definition) is 0. The average molecular weight is 298 g/mol. The number of nitrogens with zero attached hydrogens (tertiary/aromatic N) is 2. The predicted molar refractivity (Wildman–Crippen MR) is 82.8 cm³/mol. The van der Waals surface area contributed by atoms with Crippen LogP contribution in [0.5, 0.6) is 0 Å². The molecule has 0 aliphatic rings.